The number of hydrogen-bond acceptors (Lipinski definition) is 3. The Kier molecular flexibility index (Phi) is 3.97. The molecule has 0 saturated carbocycles. The van der Waals surface area contributed by atoms with Gasteiger partial charge in [-0.1, -0.05) is 0 Å². The van der Waals surface area contributed by atoms with Crippen LogP contribution >= 0.6 is 0 Å². The van der Waals surface area contributed by atoms with Gasteiger partial charge in [0, 0.05) is 31.1 Å². The van der Waals surface area contributed by atoms with E-state index in [4.69, 9.17) is 5.11 Å². The van der Waals surface area contributed by atoms with E-state index in [0.29, 0.717) is 11.8 Å². The SMILES string of the molecule is Cn1cc(S(=O)(=O)Nc2cc(F)c(F)cc2F)cc1CO. The first-order valence-corrected chi connectivity index (χ1v) is 7.16. The number of rotatable bonds is 4. The summed E-state index contributed by atoms with van der Waals surface area (Å²) in [5, 5.41) is 9.01. The number of aliphatic hydroxyl groups excluding tert-OH is 1. The van der Waals surface area contributed by atoms with E-state index in [1.807, 2.05) is 4.72 Å². The third-order valence-electron chi connectivity index (χ3n) is 2.81. The second-order valence-corrected chi connectivity index (χ2v) is 5.97. The molecule has 1 aromatic heterocycles. The molecule has 0 aliphatic heterocycles. The molecule has 1 aromatic carbocycles. The quantitative estimate of drug-likeness (QED) is 0.843. The van der Waals surface area contributed by atoms with Crippen LogP contribution in [-0.4, -0.2) is 18.1 Å². The molecule has 0 bridgehead atoms. The molecule has 2 aromatic rings. The zero-order valence-corrected chi connectivity index (χ0v) is 11.6. The lowest BCUT2D eigenvalue weighted by atomic mass is 10.3. The summed E-state index contributed by atoms with van der Waals surface area (Å²) in [6.07, 6.45) is 1.20. The maximum atomic E-state index is 13.4. The van der Waals surface area contributed by atoms with Gasteiger partial charge >= 0.3 is 0 Å². The molecule has 5 nitrogen and oxygen atoms in total. The van der Waals surface area contributed by atoms with Crippen molar-refractivity contribution in [3.8, 4) is 0 Å². The van der Waals surface area contributed by atoms with Crippen molar-refractivity contribution in [2.24, 2.45) is 7.05 Å². The van der Waals surface area contributed by atoms with Crippen molar-refractivity contribution in [3.63, 3.8) is 0 Å². The first-order chi connectivity index (χ1) is 9.74. The first-order valence-electron chi connectivity index (χ1n) is 5.68. The number of aromatic nitrogens is 1. The average molecular weight is 320 g/mol. The van der Waals surface area contributed by atoms with Gasteiger partial charge in [0.2, 0.25) is 0 Å². The second kappa shape index (κ2) is 5.41. The van der Waals surface area contributed by atoms with E-state index >= 15 is 0 Å². The molecule has 0 saturated heterocycles. The Morgan fingerprint density at radius 2 is 1.76 bits per heavy atom. The highest BCUT2D eigenvalue weighted by atomic mass is 32.2. The Labute approximate surface area is 118 Å². The number of aryl methyl sites for hydroxylation is 1. The number of hydrogen-bond donors (Lipinski definition) is 2. The van der Waals surface area contributed by atoms with E-state index in [-0.39, 0.29) is 17.6 Å². The summed E-state index contributed by atoms with van der Waals surface area (Å²) in [6, 6.07) is 1.84. The molecule has 2 rings (SSSR count). The molecule has 0 aliphatic carbocycles. The van der Waals surface area contributed by atoms with Crippen LogP contribution in [-0.2, 0) is 23.7 Å². The third kappa shape index (κ3) is 3.03. The van der Waals surface area contributed by atoms with Gasteiger partial charge in [0.15, 0.2) is 11.6 Å². The minimum absolute atomic E-state index is 0.238. The van der Waals surface area contributed by atoms with Gasteiger partial charge in [-0.3, -0.25) is 4.72 Å². The smallest absolute Gasteiger partial charge is 0.263 e. The van der Waals surface area contributed by atoms with E-state index < -0.39 is 33.2 Å². The lowest BCUT2D eigenvalue weighted by Crippen LogP contribution is -2.14. The van der Waals surface area contributed by atoms with Crippen molar-refractivity contribution in [1.29, 1.82) is 0 Å². The summed E-state index contributed by atoms with van der Waals surface area (Å²) in [5.74, 6) is -4.04. The first kappa shape index (κ1) is 15.4. The normalized spacial score (nSPS) is 11.7. The maximum Gasteiger partial charge on any atom is 0.263 e. The number of nitrogens with one attached hydrogen (secondary N) is 1. The van der Waals surface area contributed by atoms with E-state index in [2.05, 4.69) is 0 Å². The van der Waals surface area contributed by atoms with Crippen molar-refractivity contribution < 1.29 is 26.7 Å². The van der Waals surface area contributed by atoms with Crippen molar-refractivity contribution in [3.05, 3.63) is 47.5 Å². The highest BCUT2D eigenvalue weighted by Gasteiger charge is 2.20. The van der Waals surface area contributed by atoms with Gasteiger partial charge in [0.1, 0.15) is 10.7 Å². The Hall–Kier alpha value is -2.00. The monoisotopic (exact) mass is 320 g/mol. The molecule has 0 atom stereocenters. The standard InChI is InChI=1S/C12H11F3N2O3S/c1-17-5-8(2-7(17)6-18)21(19,20)16-12-4-10(14)9(13)3-11(12)15/h2-5,16,18H,6H2,1H3. The van der Waals surface area contributed by atoms with E-state index in [0.717, 1.165) is 0 Å². The summed E-state index contributed by atoms with van der Waals surface area (Å²) in [4.78, 5) is -0.238. The van der Waals surface area contributed by atoms with Gasteiger partial charge < -0.3 is 9.67 Å². The van der Waals surface area contributed by atoms with E-state index in [1.165, 1.54) is 23.9 Å². The molecule has 0 spiro atoms. The van der Waals surface area contributed by atoms with E-state index in [1.54, 1.807) is 0 Å². The number of nitrogens with zero attached hydrogens (tertiary/aromatic N) is 1. The molecule has 2 N–H and O–H groups in total. The molecule has 0 fully saturated rings. The van der Waals surface area contributed by atoms with Crippen LogP contribution in [0.5, 0.6) is 0 Å². The minimum Gasteiger partial charge on any atom is -0.390 e. The maximum absolute atomic E-state index is 13.4. The molecular weight excluding hydrogens is 309 g/mol. The van der Waals surface area contributed by atoms with Crippen LogP contribution in [0.1, 0.15) is 5.69 Å². The number of anilines is 1. The summed E-state index contributed by atoms with van der Waals surface area (Å²) >= 11 is 0. The van der Waals surface area contributed by atoms with Crippen molar-refractivity contribution in [1.82, 2.24) is 4.57 Å². The van der Waals surface area contributed by atoms with E-state index in [9.17, 15) is 21.6 Å². The van der Waals surface area contributed by atoms with Crippen LogP contribution in [0.25, 0.3) is 0 Å². The third-order valence-corrected chi connectivity index (χ3v) is 4.14. The van der Waals surface area contributed by atoms with Crippen LogP contribution in [0, 0.1) is 17.5 Å². The van der Waals surface area contributed by atoms with Crippen molar-refractivity contribution >= 4 is 15.7 Å². The predicted molar refractivity (Wildman–Crippen MR) is 68.5 cm³/mol. The molecule has 0 aliphatic rings. The zero-order valence-electron chi connectivity index (χ0n) is 10.8. The molecule has 0 unspecified atom stereocenters. The number of sulfonamides is 1. The Balaban J connectivity index is 2.39. The molecule has 0 radical (unpaired) electrons. The topological polar surface area (TPSA) is 71.3 Å². The molecule has 9 heteroatoms. The lowest BCUT2D eigenvalue weighted by Gasteiger charge is -2.08. The summed E-state index contributed by atoms with van der Waals surface area (Å²) in [5.41, 5.74) is -0.385. The van der Waals surface area contributed by atoms with Crippen LogP contribution in [0.15, 0.2) is 29.3 Å². The number of halogens is 3. The molecule has 0 amide bonds. The largest absolute Gasteiger partial charge is 0.390 e. The fourth-order valence-electron chi connectivity index (χ4n) is 1.69. The lowest BCUT2D eigenvalue weighted by molar-refractivity contribution is 0.272. The van der Waals surface area contributed by atoms with Crippen molar-refractivity contribution in [2.75, 3.05) is 4.72 Å². The Morgan fingerprint density at radius 1 is 1.14 bits per heavy atom. The van der Waals surface area contributed by atoms with Crippen LogP contribution in [0.2, 0.25) is 0 Å². The molecule has 1 heterocycles. The van der Waals surface area contributed by atoms with Gasteiger partial charge in [-0.2, -0.15) is 0 Å². The van der Waals surface area contributed by atoms with Crippen LogP contribution < -0.4 is 4.72 Å². The summed E-state index contributed by atoms with van der Waals surface area (Å²) < 4.78 is 66.6. The highest BCUT2D eigenvalue weighted by Crippen LogP contribution is 2.23. The highest BCUT2D eigenvalue weighted by molar-refractivity contribution is 7.92. The van der Waals surface area contributed by atoms with Gasteiger partial charge in [0.25, 0.3) is 10.0 Å². The molecular formula is C12H11F3N2O3S. The van der Waals surface area contributed by atoms with Crippen LogP contribution in [0.3, 0.4) is 0 Å². The zero-order chi connectivity index (χ0) is 15.8. The minimum atomic E-state index is -4.19. The van der Waals surface area contributed by atoms with Gasteiger partial charge in [-0.25, -0.2) is 21.6 Å². The number of benzene rings is 1. The van der Waals surface area contributed by atoms with Gasteiger partial charge in [-0.15, -0.1) is 0 Å². The summed E-state index contributed by atoms with van der Waals surface area (Å²) in [6.45, 7) is -0.383. The van der Waals surface area contributed by atoms with Gasteiger partial charge in [-0.05, 0) is 6.07 Å². The summed E-state index contributed by atoms with van der Waals surface area (Å²) in [7, 11) is -2.67. The van der Waals surface area contributed by atoms with Crippen molar-refractivity contribution in [2.45, 2.75) is 11.5 Å². The van der Waals surface area contributed by atoms with Gasteiger partial charge in [0.05, 0.1) is 12.3 Å². The average Bonchev–Trinajstić information content (AvgIpc) is 2.78. The Bertz CT molecular complexity index is 787. The fraction of sp³-hybridized carbons (Fsp3) is 0.167. The number of aliphatic hydroxyl groups is 1. The fourth-order valence-corrected chi connectivity index (χ4v) is 2.84. The molecule has 114 valence electrons. The molecule has 21 heavy (non-hydrogen) atoms. The Morgan fingerprint density at radius 3 is 2.33 bits per heavy atom. The second-order valence-electron chi connectivity index (χ2n) is 4.29. The van der Waals surface area contributed by atoms with Crippen LogP contribution in [0.4, 0.5) is 18.9 Å². The predicted octanol–water partition coefficient (Wildman–Crippen LogP) is 1.74.